The van der Waals surface area contributed by atoms with Crippen LogP contribution in [0, 0.1) is 0 Å². The van der Waals surface area contributed by atoms with Crippen molar-refractivity contribution in [3.63, 3.8) is 0 Å². The third-order valence-electron chi connectivity index (χ3n) is 5.91. The van der Waals surface area contributed by atoms with E-state index < -0.39 is 9.84 Å². The molecule has 4 rings (SSSR count). The first-order valence-electron chi connectivity index (χ1n) is 10.5. The maximum Gasteiger partial charge on any atom is 0.225 e. The van der Waals surface area contributed by atoms with Gasteiger partial charge in [0.25, 0.3) is 0 Å². The third-order valence-corrected chi connectivity index (χ3v) is 7.02. The van der Waals surface area contributed by atoms with Crippen LogP contribution in [0.3, 0.4) is 0 Å². The van der Waals surface area contributed by atoms with Crippen LogP contribution in [0.5, 0.6) is 0 Å². The second-order valence-corrected chi connectivity index (χ2v) is 10.0. The summed E-state index contributed by atoms with van der Waals surface area (Å²) >= 11 is 0. The van der Waals surface area contributed by atoms with Crippen LogP contribution >= 0.6 is 0 Å². The van der Waals surface area contributed by atoms with Gasteiger partial charge in [0.2, 0.25) is 11.9 Å². The summed E-state index contributed by atoms with van der Waals surface area (Å²) in [5, 5.41) is 4.13. The minimum atomic E-state index is -3.42. The van der Waals surface area contributed by atoms with Crippen LogP contribution in [0.25, 0.3) is 0 Å². The molecule has 10 heteroatoms. The van der Waals surface area contributed by atoms with Crippen molar-refractivity contribution in [3.05, 3.63) is 30.4 Å². The fourth-order valence-electron chi connectivity index (χ4n) is 4.23. The quantitative estimate of drug-likeness (QED) is 0.681. The lowest BCUT2D eigenvalue weighted by Crippen LogP contribution is -2.38. The van der Waals surface area contributed by atoms with Crippen molar-refractivity contribution in [2.24, 2.45) is 0 Å². The number of anilines is 1. The molecule has 2 aromatic rings. The zero-order chi connectivity index (χ0) is 21.1. The number of aromatic nitrogens is 4. The van der Waals surface area contributed by atoms with Crippen molar-refractivity contribution < 1.29 is 13.2 Å². The first kappa shape index (κ1) is 20.8. The minimum Gasteiger partial charge on any atom is -0.343 e. The summed E-state index contributed by atoms with van der Waals surface area (Å²) in [6.45, 7) is 3.58. The van der Waals surface area contributed by atoms with Crippen molar-refractivity contribution in [1.29, 1.82) is 0 Å². The van der Waals surface area contributed by atoms with Gasteiger partial charge in [-0.2, -0.15) is 5.10 Å². The molecule has 9 nitrogen and oxygen atoms in total. The SMILES string of the molecule is CS(=O)(=O)c1cnc(N2CCCC2)nc1C1CCN(C(=O)CCn2cccn2)CC1. The number of aryl methyl sites for hydroxylation is 1. The number of carbonyl (C=O) groups is 1. The molecular formula is C20H28N6O3S. The predicted molar refractivity (Wildman–Crippen MR) is 112 cm³/mol. The predicted octanol–water partition coefficient (Wildman–Crippen LogP) is 1.47. The Bertz CT molecular complexity index is 978. The van der Waals surface area contributed by atoms with Crippen LogP contribution in [0.4, 0.5) is 5.95 Å². The summed E-state index contributed by atoms with van der Waals surface area (Å²) in [5.74, 6) is 0.731. The fourth-order valence-corrected chi connectivity index (χ4v) is 5.06. The normalized spacial score (nSPS) is 18.2. The van der Waals surface area contributed by atoms with Crippen LogP contribution in [0.1, 0.15) is 43.7 Å². The Morgan fingerprint density at radius 3 is 2.53 bits per heavy atom. The molecule has 30 heavy (non-hydrogen) atoms. The highest BCUT2D eigenvalue weighted by Crippen LogP contribution is 2.32. The maximum absolute atomic E-state index is 12.5. The molecule has 0 aromatic carbocycles. The van der Waals surface area contributed by atoms with Crippen LogP contribution in [-0.2, 0) is 21.2 Å². The second-order valence-electron chi connectivity index (χ2n) is 8.06. The van der Waals surface area contributed by atoms with Gasteiger partial charge in [-0.15, -0.1) is 0 Å². The average molecular weight is 433 g/mol. The standard InChI is InChI=1S/C20H28N6O3S/c1-30(28,29)17-15-21-20(25-9-2-3-10-25)23-19(17)16-5-12-24(13-6-16)18(27)7-14-26-11-4-8-22-26/h4,8,11,15-16H,2-3,5-7,9-10,12-14H2,1H3. The average Bonchev–Trinajstić information content (AvgIpc) is 3.45. The van der Waals surface area contributed by atoms with Crippen molar-refractivity contribution in [2.45, 2.75) is 49.5 Å². The zero-order valence-corrected chi connectivity index (χ0v) is 18.1. The number of hydrogen-bond acceptors (Lipinski definition) is 7. The summed E-state index contributed by atoms with van der Waals surface area (Å²) in [6.07, 6.45) is 10.2. The Hall–Kier alpha value is -2.49. The molecule has 162 valence electrons. The molecule has 0 bridgehead atoms. The molecule has 0 radical (unpaired) electrons. The van der Waals surface area contributed by atoms with Gasteiger partial charge in [-0.05, 0) is 31.7 Å². The van der Waals surface area contributed by atoms with E-state index in [1.165, 1.54) is 12.5 Å². The molecule has 4 heterocycles. The number of hydrogen-bond donors (Lipinski definition) is 0. The Balaban J connectivity index is 1.45. The highest BCUT2D eigenvalue weighted by Gasteiger charge is 2.30. The summed E-state index contributed by atoms with van der Waals surface area (Å²) in [4.78, 5) is 25.8. The van der Waals surface area contributed by atoms with Gasteiger partial charge in [0.15, 0.2) is 9.84 Å². The van der Waals surface area contributed by atoms with E-state index in [9.17, 15) is 13.2 Å². The molecule has 2 fully saturated rings. The Labute approximate surface area is 177 Å². The molecule has 0 atom stereocenters. The molecule has 0 spiro atoms. The van der Waals surface area contributed by atoms with Crippen LogP contribution in [-0.4, -0.2) is 71.4 Å². The molecule has 2 saturated heterocycles. The summed E-state index contributed by atoms with van der Waals surface area (Å²) in [5.41, 5.74) is 0.609. The minimum absolute atomic E-state index is 0.00856. The van der Waals surface area contributed by atoms with Gasteiger partial charge in [0.05, 0.1) is 11.9 Å². The molecule has 2 aliphatic rings. The fraction of sp³-hybridized carbons (Fsp3) is 0.600. The van der Waals surface area contributed by atoms with Gasteiger partial charge in [-0.25, -0.2) is 18.4 Å². The summed E-state index contributed by atoms with van der Waals surface area (Å²) in [6, 6.07) is 1.84. The Kier molecular flexibility index (Phi) is 6.03. The van der Waals surface area contributed by atoms with E-state index in [0.29, 0.717) is 50.5 Å². The monoisotopic (exact) mass is 432 g/mol. The highest BCUT2D eigenvalue weighted by molar-refractivity contribution is 7.90. The van der Waals surface area contributed by atoms with E-state index in [1.807, 2.05) is 17.2 Å². The number of amides is 1. The van der Waals surface area contributed by atoms with E-state index in [1.54, 1.807) is 10.9 Å². The summed E-state index contributed by atoms with van der Waals surface area (Å²) in [7, 11) is -3.42. The van der Waals surface area contributed by atoms with Crippen LogP contribution in [0.2, 0.25) is 0 Å². The molecule has 2 aliphatic heterocycles. The number of nitrogens with zero attached hydrogens (tertiary/aromatic N) is 6. The van der Waals surface area contributed by atoms with E-state index >= 15 is 0 Å². The van der Waals surface area contributed by atoms with Crippen molar-refractivity contribution in [1.82, 2.24) is 24.6 Å². The largest absolute Gasteiger partial charge is 0.343 e. The number of sulfone groups is 1. The Morgan fingerprint density at radius 1 is 1.17 bits per heavy atom. The van der Waals surface area contributed by atoms with Crippen LogP contribution in [0.15, 0.2) is 29.6 Å². The molecule has 2 aromatic heterocycles. The van der Waals surface area contributed by atoms with E-state index in [4.69, 9.17) is 4.98 Å². The molecule has 1 amide bonds. The number of likely N-dealkylation sites (tertiary alicyclic amines) is 1. The van der Waals surface area contributed by atoms with Crippen molar-refractivity contribution in [2.75, 3.05) is 37.3 Å². The van der Waals surface area contributed by atoms with Gasteiger partial charge in [-0.1, -0.05) is 0 Å². The zero-order valence-electron chi connectivity index (χ0n) is 17.3. The first-order chi connectivity index (χ1) is 14.4. The lowest BCUT2D eigenvalue weighted by atomic mass is 9.93. The summed E-state index contributed by atoms with van der Waals surface area (Å²) < 4.78 is 26.4. The molecular weight excluding hydrogens is 404 g/mol. The Morgan fingerprint density at radius 2 is 1.90 bits per heavy atom. The molecule has 0 N–H and O–H groups in total. The topological polar surface area (TPSA) is 101 Å². The lowest BCUT2D eigenvalue weighted by molar-refractivity contribution is -0.132. The third kappa shape index (κ3) is 4.63. The van der Waals surface area contributed by atoms with E-state index in [0.717, 1.165) is 25.9 Å². The van der Waals surface area contributed by atoms with E-state index in [2.05, 4.69) is 15.0 Å². The van der Waals surface area contributed by atoms with Crippen LogP contribution < -0.4 is 4.90 Å². The molecule has 0 aliphatic carbocycles. The highest BCUT2D eigenvalue weighted by atomic mass is 32.2. The number of piperidine rings is 1. The number of rotatable bonds is 6. The van der Waals surface area contributed by atoms with Crippen molar-refractivity contribution in [3.8, 4) is 0 Å². The van der Waals surface area contributed by atoms with Gasteiger partial charge >= 0.3 is 0 Å². The lowest BCUT2D eigenvalue weighted by Gasteiger charge is -2.32. The number of carbonyl (C=O) groups excluding carboxylic acids is 1. The van der Waals surface area contributed by atoms with Crippen molar-refractivity contribution >= 4 is 21.7 Å². The van der Waals surface area contributed by atoms with Gasteiger partial charge in [-0.3, -0.25) is 9.48 Å². The smallest absolute Gasteiger partial charge is 0.225 e. The molecule has 0 unspecified atom stereocenters. The van der Waals surface area contributed by atoms with Gasteiger partial charge in [0, 0.05) is 63.7 Å². The molecule has 0 saturated carbocycles. The van der Waals surface area contributed by atoms with Gasteiger partial charge in [0.1, 0.15) is 4.90 Å². The second kappa shape index (κ2) is 8.71. The maximum atomic E-state index is 12.5. The van der Waals surface area contributed by atoms with Gasteiger partial charge < -0.3 is 9.80 Å². The first-order valence-corrected chi connectivity index (χ1v) is 12.4. The van der Waals surface area contributed by atoms with E-state index in [-0.39, 0.29) is 16.7 Å².